The van der Waals surface area contributed by atoms with Crippen molar-refractivity contribution in [1.82, 2.24) is 19.7 Å². The zero-order chi connectivity index (χ0) is 13.5. The number of nitrogens with one attached hydrogen (secondary N) is 1. The minimum Gasteiger partial charge on any atom is -0.316 e. The van der Waals surface area contributed by atoms with Crippen molar-refractivity contribution in [2.24, 2.45) is 0 Å². The fourth-order valence-electron chi connectivity index (χ4n) is 2.49. The van der Waals surface area contributed by atoms with Crippen molar-refractivity contribution < 1.29 is 13.2 Å². The molecule has 0 aromatic carbocycles. The first kappa shape index (κ1) is 18.0. The van der Waals surface area contributed by atoms with Crippen molar-refractivity contribution in [3.63, 3.8) is 0 Å². The number of hydrogen-bond acceptors (Lipinski definition) is 3. The number of nitrogens with zero attached hydrogens (tertiary/aromatic N) is 3. The van der Waals surface area contributed by atoms with E-state index in [1.165, 1.54) is 6.20 Å². The van der Waals surface area contributed by atoms with E-state index in [0.717, 1.165) is 25.5 Å². The van der Waals surface area contributed by atoms with Crippen LogP contribution in [0, 0.1) is 0 Å². The quantitative estimate of drug-likeness (QED) is 0.865. The Morgan fingerprint density at radius 3 is 2.67 bits per heavy atom. The predicted octanol–water partition coefficient (Wildman–Crippen LogP) is 3.06. The smallest absolute Gasteiger partial charge is 0.316 e. The van der Waals surface area contributed by atoms with Crippen molar-refractivity contribution in [1.29, 1.82) is 0 Å². The summed E-state index contributed by atoms with van der Waals surface area (Å²) >= 11 is 0. The molecule has 0 bridgehead atoms. The molecule has 1 saturated heterocycles. The second kappa shape index (κ2) is 6.81. The first-order valence-corrected chi connectivity index (χ1v) is 6.17. The number of rotatable bonds is 1. The van der Waals surface area contributed by atoms with Crippen LogP contribution in [0.3, 0.4) is 0 Å². The standard InChI is InChI=1S/C12H13F3N4.2ClH/c13-12(14,15)10-6-9(8-2-1-3-16-7-8)19-5-4-17-11(19)18-10;;/h4-6,8,16H,1-3,7H2;2*1H. The summed E-state index contributed by atoms with van der Waals surface area (Å²) in [5.74, 6) is 0.171. The topological polar surface area (TPSA) is 42.2 Å². The Hall–Kier alpha value is -1.05. The fourth-order valence-corrected chi connectivity index (χ4v) is 2.49. The minimum atomic E-state index is -4.44. The van der Waals surface area contributed by atoms with Crippen LogP contribution in [-0.4, -0.2) is 27.5 Å². The third-order valence-corrected chi connectivity index (χ3v) is 3.41. The Kier molecular flexibility index (Phi) is 5.83. The average molecular weight is 343 g/mol. The van der Waals surface area contributed by atoms with Gasteiger partial charge in [-0.25, -0.2) is 9.97 Å². The van der Waals surface area contributed by atoms with E-state index >= 15 is 0 Å². The van der Waals surface area contributed by atoms with Gasteiger partial charge in [0.1, 0.15) is 5.69 Å². The molecule has 0 spiro atoms. The molecule has 2 aromatic rings. The largest absolute Gasteiger partial charge is 0.433 e. The average Bonchev–Trinajstić information content (AvgIpc) is 2.85. The first-order chi connectivity index (χ1) is 9.05. The molecular weight excluding hydrogens is 328 g/mol. The lowest BCUT2D eigenvalue weighted by molar-refractivity contribution is -0.141. The van der Waals surface area contributed by atoms with Crippen LogP contribution >= 0.6 is 24.8 Å². The lowest BCUT2D eigenvalue weighted by Gasteiger charge is -2.24. The molecule has 3 rings (SSSR count). The van der Waals surface area contributed by atoms with Crippen LogP contribution in [0.2, 0.25) is 0 Å². The van der Waals surface area contributed by atoms with Gasteiger partial charge in [-0.05, 0) is 25.5 Å². The normalized spacial score (nSPS) is 18.9. The van der Waals surface area contributed by atoms with E-state index in [-0.39, 0.29) is 36.5 Å². The highest BCUT2D eigenvalue weighted by atomic mass is 35.5. The molecule has 1 fully saturated rings. The Bertz CT molecular complexity index is 594. The van der Waals surface area contributed by atoms with Crippen LogP contribution in [0.4, 0.5) is 13.2 Å². The maximum absolute atomic E-state index is 12.9. The SMILES string of the molecule is Cl.Cl.FC(F)(F)c1cc(C2CCCNC2)n2ccnc2n1. The summed E-state index contributed by atoms with van der Waals surface area (Å²) in [7, 11) is 0. The highest BCUT2D eigenvalue weighted by molar-refractivity contribution is 5.85. The Balaban J connectivity index is 0.00000110. The Morgan fingerprint density at radius 1 is 1.29 bits per heavy atom. The molecule has 1 atom stereocenters. The van der Waals surface area contributed by atoms with Gasteiger partial charge in [0, 0.05) is 30.6 Å². The molecule has 3 heterocycles. The lowest BCUT2D eigenvalue weighted by atomic mass is 9.95. The molecule has 2 aromatic heterocycles. The van der Waals surface area contributed by atoms with Gasteiger partial charge in [0.15, 0.2) is 0 Å². The summed E-state index contributed by atoms with van der Waals surface area (Å²) in [5.41, 5.74) is -0.242. The van der Waals surface area contributed by atoms with Crippen LogP contribution in [0.1, 0.15) is 30.1 Å². The zero-order valence-electron chi connectivity index (χ0n) is 10.9. The second-order valence-corrected chi connectivity index (χ2v) is 4.70. The van der Waals surface area contributed by atoms with Gasteiger partial charge in [-0.15, -0.1) is 24.8 Å². The zero-order valence-corrected chi connectivity index (χ0v) is 12.6. The molecule has 0 radical (unpaired) electrons. The van der Waals surface area contributed by atoms with E-state index in [1.807, 2.05) is 0 Å². The van der Waals surface area contributed by atoms with Gasteiger partial charge in [0.05, 0.1) is 0 Å². The summed E-state index contributed by atoms with van der Waals surface area (Å²) in [6, 6.07) is 1.15. The van der Waals surface area contributed by atoms with Crippen molar-refractivity contribution in [2.45, 2.75) is 24.9 Å². The molecular formula is C12H15Cl2F3N4. The summed E-state index contributed by atoms with van der Waals surface area (Å²) in [5, 5.41) is 3.21. The number of piperidine rings is 1. The van der Waals surface area contributed by atoms with E-state index in [0.29, 0.717) is 12.2 Å². The minimum absolute atomic E-state index is 0. The molecule has 9 heteroatoms. The van der Waals surface area contributed by atoms with E-state index in [1.54, 1.807) is 10.6 Å². The van der Waals surface area contributed by atoms with Crippen LogP contribution in [0.15, 0.2) is 18.5 Å². The number of hydrogen-bond donors (Lipinski definition) is 1. The molecule has 0 saturated carbocycles. The van der Waals surface area contributed by atoms with E-state index in [2.05, 4.69) is 15.3 Å². The maximum Gasteiger partial charge on any atom is 0.433 e. The second-order valence-electron chi connectivity index (χ2n) is 4.70. The molecule has 1 aliphatic rings. The molecule has 1 aliphatic heterocycles. The van der Waals surface area contributed by atoms with Crippen molar-refractivity contribution in [2.75, 3.05) is 13.1 Å². The highest BCUT2D eigenvalue weighted by Gasteiger charge is 2.34. The number of fused-ring (bicyclic) bond motifs is 1. The summed E-state index contributed by atoms with van der Waals surface area (Å²) in [4.78, 5) is 7.45. The molecule has 4 nitrogen and oxygen atoms in total. The maximum atomic E-state index is 12.9. The van der Waals surface area contributed by atoms with Crippen LogP contribution in [0.25, 0.3) is 5.78 Å². The number of alkyl halides is 3. The van der Waals surface area contributed by atoms with Gasteiger partial charge in [-0.1, -0.05) is 0 Å². The van der Waals surface area contributed by atoms with E-state index in [9.17, 15) is 13.2 Å². The monoisotopic (exact) mass is 342 g/mol. The van der Waals surface area contributed by atoms with Gasteiger partial charge >= 0.3 is 6.18 Å². The van der Waals surface area contributed by atoms with Crippen LogP contribution in [0.5, 0.6) is 0 Å². The third-order valence-electron chi connectivity index (χ3n) is 3.41. The van der Waals surface area contributed by atoms with Crippen molar-refractivity contribution in [3.05, 3.63) is 29.8 Å². The highest BCUT2D eigenvalue weighted by Crippen LogP contribution is 2.31. The molecule has 0 aliphatic carbocycles. The Morgan fingerprint density at radius 2 is 2.05 bits per heavy atom. The van der Waals surface area contributed by atoms with Gasteiger partial charge in [0.25, 0.3) is 0 Å². The predicted molar refractivity (Wildman–Crippen MR) is 77.3 cm³/mol. The third kappa shape index (κ3) is 3.59. The fraction of sp³-hybridized carbons (Fsp3) is 0.500. The molecule has 1 N–H and O–H groups in total. The molecule has 21 heavy (non-hydrogen) atoms. The Labute approximate surface area is 132 Å². The first-order valence-electron chi connectivity index (χ1n) is 6.17. The van der Waals surface area contributed by atoms with Crippen LogP contribution < -0.4 is 5.32 Å². The summed E-state index contributed by atoms with van der Waals surface area (Å²) in [6.45, 7) is 1.61. The van der Waals surface area contributed by atoms with Crippen LogP contribution in [-0.2, 0) is 6.18 Å². The number of aromatic nitrogens is 3. The van der Waals surface area contributed by atoms with E-state index in [4.69, 9.17) is 0 Å². The molecule has 118 valence electrons. The van der Waals surface area contributed by atoms with E-state index < -0.39 is 11.9 Å². The van der Waals surface area contributed by atoms with Crippen molar-refractivity contribution >= 4 is 30.6 Å². The lowest BCUT2D eigenvalue weighted by Crippen LogP contribution is -2.29. The summed E-state index contributed by atoms with van der Waals surface area (Å²) in [6.07, 6.45) is 0.533. The number of halogens is 5. The molecule has 0 amide bonds. The van der Waals surface area contributed by atoms with Gasteiger partial charge < -0.3 is 5.32 Å². The van der Waals surface area contributed by atoms with Gasteiger partial charge in [0.2, 0.25) is 5.78 Å². The van der Waals surface area contributed by atoms with Crippen molar-refractivity contribution in [3.8, 4) is 0 Å². The van der Waals surface area contributed by atoms with Gasteiger partial charge in [-0.2, -0.15) is 13.2 Å². The van der Waals surface area contributed by atoms with Gasteiger partial charge in [-0.3, -0.25) is 4.40 Å². The summed E-state index contributed by atoms with van der Waals surface area (Å²) < 4.78 is 40.2. The molecule has 1 unspecified atom stereocenters. The number of imidazole rings is 1.